The largest absolute Gasteiger partial charge is 0.497 e. The first-order valence-corrected chi connectivity index (χ1v) is 9.65. The van der Waals surface area contributed by atoms with Crippen molar-refractivity contribution in [1.29, 1.82) is 5.26 Å². The molecule has 0 spiro atoms. The molecular formula is C22H24N2O3. The monoisotopic (exact) mass is 364 g/mol. The molecule has 1 aromatic carbocycles. The molecule has 4 rings (SSSR count). The maximum absolute atomic E-state index is 13.2. The van der Waals surface area contributed by atoms with Gasteiger partial charge in [0, 0.05) is 11.3 Å². The maximum atomic E-state index is 13.2. The van der Waals surface area contributed by atoms with Crippen LogP contribution in [0.5, 0.6) is 5.75 Å². The number of ether oxygens (including phenoxy) is 2. The van der Waals surface area contributed by atoms with Crippen molar-refractivity contribution in [3.8, 4) is 22.9 Å². The molecule has 0 amide bonds. The highest BCUT2D eigenvalue weighted by Crippen LogP contribution is 2.35. The summed E-state index contributed by atoms with van der Waals surface area (Å²) in [6, 6.07) is 11.8. The number of aromatic nitrogens is 1. The SMILES string of the molecule is COc1ccc(-c2cc(C3CCCCC3)n(CC3CO3)c(=O)c2C#N)cc1. The second-order valence-electron chi connectivity index (χ2n) is 7.40. The molecule has 5 heteroatoms. The first-order chi connectivity index (χ1) is 13.2. The van der Waals surface area contributed by atoms with E-state index in [1.807, 2.05) is 24.3 Å². The molecule has 1 aliphatic carbocycles. The van der Waals surface area contributed by atoms with Gasteiger partial charge < -0.3 is 14.0 Å². The van der Waals surface area contributed by atoms with Gasteiger partial charge in [0.15, 0.2) is 0 Å². The van der Waals surface area contributed by atoms with Crippen LogP contribution in [0.4, 0.5) is 0 Å². The number of pyridine rings is 1. The lowest BCUT2D eigenvalue weighted by molar-refractivity contribution is 0.365. The normalized spacial score (nSPS) is 19.5. The number of hydrogen-bond acceptors (Lipinski definition) is 4. The first-order valence-electron chi connectivity index (χ1n) is 9.65. The van der Waals surface area contributed by atoms with Crippen molar-refractivity contribution in [2.75, 3.05) is 13.7 Å². The van der Waals surface area contributed by atoms with Crippen LogP contribution in [-0.2, 0) is 11.3 Å². The van der Waals surface area contributed by atoms with Crippen LogP contribution in [0.2, 0.25) is 0 Å². The van der Waals surface area contributed by atoms with Crippen LogP contribution in [0.25, 0.3) is 11.1 Å². The molecule has 2 aromatic rings. The minimum Gasteiger partial charge on any atom is -0.497 e. The summed E-state index contributed by atoms with van der Waals surface area (Å²) in [5.74, 6) is 1.12. The minimum absolute atomic E-state index is 0.100. The molecule has 27 heavy (non-hydrogen) atoms. The first kappa shape index (κ1) is 17.8. The van der Waals surface area contributed by atoms with Crippen molar-refractivity contribution in [3.05, 3.63) is 51.9 Å². The quantitative estimate of drug-likeness (QED) is 0.756. The summed E-state index contributed by atoms with van der Waals surface area (Å²) in [6.45, 7) is 1.24. The fraction of sp³-hybridized carbons (Fsp3) is 0.455. The average molecular weight is 364 g/mol. The third-order valence-electron chi connectivity index (χ3n) is 5.66. The topological polar surface area (TPSA) is 67.5 Å². The van der Waals surface area contributed by atoms with Gasteiger partial charge in [-0.3, -0.25) is 4.79 Å². The fourth-order valence-electron chi connectivity index (χ4n) is 4.07. The zero-order chi connectivity index (χ0) is 18.8. The number of methoxy groups -OCH3 is 1. The van der Waals surface area contributed by atoms with Crippen molar-refractivity contribution >= 4 is 0 Å². The molecule has 1 atom stereocenters. The third kappa shape index (κ3) is 3.63. The zero-order valence-electron chi connectivity index (χ0n) is 15.6. The number of benzene rings is 1. The molecule has 1 saturated carbocycles. The standard InChI is InChI=1S/C22H24N2O3/c1-26-17-9-7-15(8-10-17)19-11-21(16-5-3-2-4-6-16)24(13-18-14-27-18)22(25)20(19)12-23/h7-11,16,18H,2-6,13-14H2,1H3. The van der Waals surface area contributed by atoms with E-state index in [-0.39, 0.29) is 17.2 Å². The molecular weight excluding hydrogens is 340 g/mol. The van der Waals surface area contributed by atoms with E-state index in [9.17, 15) is 10.1 Å². The molecule has 1 saturated heterocycles. The van der Waals surface area contributed by atoms with Crippen molar-refractivity contribution in [2.24, 2.45) is 0 Å². The summed E-state index contributed by atoms with van der Waals surface area (Å²) in [7, 11) is 1.62. The van der Waals surface area contributed by atoms with Gasteiger partial charge in [-0.1, -0.05) is 31.4 Å². The van der Waals surface area contributed by atoms with Crippen LogP contribution in [0, 0.1) is 11.3 Å². The van der Waals surface area contributed by atoms with Gasteiger partial charge in [0.05, 0.1) is 26.4 Å². The van der Waals surface area contributed by atoms with Crippen LogP contribution >= 0.6 is 0 Å². The predicted molar refractivity (Wildman–Crippen MR) is 103 cm³/mol. The number of epoxide rings is 1. The Balaban J connectivity index is 1.85. The van der Waals surface area contributed by atoms with E-state index >= 15 is 0 Å². The van der Waals surface area contributed by atoms with E-state index in [1.54, 1.807) is 11.7 Å². The van der Waals surface area contributed by atoms with E-state index in [0.29, 0.717) is 19.1 Å². The van der Waals surface area contributed by atoms with E-state index in [1.165, 1.54) is 19.3 Å². The van der Waals surface area contributed by atoms with Crippen molar-refractivity contribution in [1.82, 2.24) is 4.57 Å². The number of rotatable bonds is 5. The number of hydrogen-bond donors (Lipinski definition) is 0. The highest BCUT2D eigenvalue weighted by molar-refractivity contribution is 5.71. The molecule has 1 aromatic heterocycles. The van der Waals surface area contributed by atoms with E-state index in [0.717, 1.165) is 35.4 Å². The second-order valence-corrected chi connectivity index (χ2v) is 7.40. The Morgan fingerprint density at radius 3 is 2.52 bits per heavy atom. The molecule has 2 fully saturated rings. The van der Waals surface area contributed by atoms with Gasteiger partial charge in [0.25, 0.3) is 5.56 Å². The molecule has 140 valence electrons. The van der Waals surface area contributed by atoms with Crippen molar-refractivity contribution in [2.45, 2.75) is 50.7 Å². The lowest BCUT2D eigenvalue weighted by atomic mass is 9.85. The molecule has 1 unspecified atom stereocenters. The summed E-state index contributed by atoms with van der Waals surface area (Å²) in [5, 5.41) is 9.72. The minimum atomic E-state index is -0.193. The molecule has 2 aliphatic rings. The van der Waals surface area contributed by atoms with E-state index in [2.05, 4.69) is 12.1 Å². The molecule has 2 heterocycles. The number of nitriles is 1. The summed E-state index contributed by atoms with van der Waals surface area (Å²) in [5.41, 5.74) is 2.66. The van der Waals surface area contributed by atoms with Gasteiger partial charge in [-0.15, -0.1) is 0 Å². The average Bonchev–Trinajstić information content (AvgIpc) is 3.54. The highest BCUT2D eigenvalue weighted by atomic mass is 16.6. The molecule has 1 aliphatic heterocycles. The fourth-order valence-corrected chi connectivity index (χ4v) is 4.07. The zero-order valence-corrected chi connectivity index (χ0v) is 15.6. The molecule has 0 radical (unpaired) electrons. The Hall–Kier alpha value is -2.58. The lowest BCUT2D eigenvalue weighted by Crippen LogP contribution is -2.30. The van der Waals surface area contributed by atoms with Gasteiger partial charge in [-0.05, 0) is 42.5 Å². The summed E-state index contributed by atoms with van der Waals surface area (Å²) in [4.78, 5) is 13.2. The Morgan fingerprint density at radius 2 is 1.93 bits per heavy atom. The Kier molecular flexibility index (Phi) is 5.00. The van der Waals surface area contributed by atoms with Gasteiger partial charge in [-0.25, -0.2) is 0 Å². The summed E-state index contributed by atoms with van der Waals surface area (Å²) >= 11 is 0. The Bertz CT molecular complexity index is 914. The Morgan fingerprint density at radius 1 is 1.22 bits per heavy atom. The molecule has 5 nitrogen and oxygen atoms in total. The second kappa shape index (κ2) is 7.58. The van der Waals surface area contributed by atoms with Crippen LogP contribution in [-0.4, -0.2) is 24.4 Å². The third-order valence-corrected chi connectivity index (χ3v) is 5.66. The smallest absolute Gasteiger partial charge is 0.269 e. The predicted octanol–water partition coefficient (Wildman–Crippen LogP) is 3.84. The summed E-state index contributed by atoms with van der Waals surface area (Å²) < 4.78 is 12.4. The van der Waals surface area contributed by atoms with Crippen LogP contribution in [0.15, 0.2) is 35.1 Å². The molecule has 0 bridgehead atoms. The van der Waals surface area contributed by atoms with E-state index in [4.69, 9.17) is 9.47 Å². The van der Waals surface area contributed by atoms with Gasteiger partial charge in [0.1, 0.15) is 17.4 Å². The Labute approximate surface area is 159 Å². The van der Waals surface area contributed by atoms with Crippen LogP contribution in [0.3, 0.4) is 0 Å². The van der Waals surface area contributed by atoms with Crippen molar-refractivity contribution in [3.63, 3.8) is 0 Å². The maximum Gasteiger partial charge on any atom is 0.269 e. The highest BCUT2D eigenvalue weighted by Gasteiger charge is 2.29. The van der Waals surface area contributed by atoms with Gasteiger partial charge in [0.2, 0.25) is 0 Å². The van der Waals surface area contributed by atoms with E-state index < -0.39 is 0 Å². The van der Waals surface area contributed by atoms with Crippen molar-refractivity contribution < 1.29 is 9.47 Å². The van der Waals surface area contributed by atoms with Gasteiger partial charge in [-0.2, -0.15) is 5.26 Å². The van der Waals surface area contributed by atoms with Gasteiger partial charge >= 0.3 is 0 Å². The number of nitrogens with zero attached hydrogens (tertiary/aromatic N) is 2. The lowest BCUT2D eigenvalue weighted by Gasteiger charge is -2.26. The summed E-state index contributed by atoms with van der Waals surface area (Å²) in [6.07, 6.45) is 5.93. The van der Waals surface area contributed by atoms with Crippen LogP contribution < -0.4 is 10.3 Å². The van der Waals surface area contributed by atoms with Crippen LogP contribution in [0.1, 0.15) is 49.3 Å². The molecule has 0 N–H and O–H groups in total.